The molecule has 0 spiro atoms. The van der Waals surface area contributed by atoms with Crippen molar-refractivity contribution < 1.29 is 24.5 Å². The van der Waals surface area contributed by atoms with Crippen LogP contribution in [0.1, 0.15) is 354 Å². The van der Waals surface area contributed by atoms with Gasteiger partial charge in [0.25, 0.3) is 0 Å². The lowest BCUT2D eigenvalue weighted by Gasteiger charge is -2.20. The molecule has 2 unspecified atom stereocenters. The number of hydrogen-bond acceptors (Lipinski definition) is 5. The van der Waals surface area contributed by atoms with E-state index in [0.717, 1.165) is 44.9 Å². The predicted octanol–water partition coefficient (Wildman–Crippen LogP) is 20.8. The molecule has 0 fully saturated rings. The molecule has 0 heterocycles. The lowest BCUT2D eigenvalue weighted by Crippen LogP contribution is -2.45. The number of aliphatic hydroxyl groups excluding tert-OH is 2. The number of unbranched alkanes of at least 4 members (excludes halogenated alkanes) is 46. The quantitative estimate of drug-likeness (QED) is 0.0320. The number of allylic oxidation sites excluding steroid dienone is 5. The molecule has 1 amide bonds. The fourth-order valence-corrected chi connectivity index (χ4v) is 10.1. The van der Waals surface area contributed by atoms with E-state index in [4.69, 9.17) is 4.74 Å². The van der Waals surface area contributed by atoms with E-state index >= 15 is 0 Å². The van der Waals surface area contributed by atoms with Crippen molar-refractivity contribution in [3.8, 4) is 0 Å². The van der Waals surface area contributed by atoms with Crippen LogP contribution in [-0.4, -0.2) is 47.4 Å². The van der Waals surface area contributed by atoms with Crippen LogP contribution in [0.2, 0.25) is 0 Å². The fraction of sp³-hybridized carbons (Fsp3) is 0.881. The van der Waals surface area contributed by atoms with Crippen molar-refractivity contribution in [3.63, 3.8) is 0 Å². The maximum atomic E-state index is 12.4. The van der Waals surface area contributed by atoms with Gasteiger partial charge in [0.05, 0.1) is 25.4 Å². The average molecular weight is 1030 g/mol. The van der Waals surface area contributed by atoms with E-state index in [0.29, 0.717) is 19.4 Å². The summed E-state index contributed by atoms with van der Waals surface area (Å²) in [5.74, 6) is -0.0576. The van der Waals surface area contributed by atoms with Crippen molar-refractivity contribution in [3.05, 3.63) is 36.5 Å². The third-order valence-corrected chi connectivity index (χ3v) is 15.1. The highest BCUT2D eigenvalue weighted by Crippen LogP contribution is 2.17. The van der Waals surface area contributed by atoms with Crippen LogP contribution in [-0.2, 0) is 14.3 Å². The van der Waals surface area contributed by atoms with Gasteiger partial charge in [-0.1, -0.05) is 294 Å². The Hall–Kier alpha value is -1.92. The molecule has 0 aliphatic rings. The molecule has 0 aromatic carbocycles. The molecule has 2 atom stereocenters. The average Bonchev–Trinajstić information content (AvgIpc) is 3.39. The lowest BCUT2D eigenvalue weighted by atomic mass is 10.0. The van der Waals surface area contributed by atoms with E-state index in [-0.39, 0.29) is 18.5 Å². The SMILES string of the molecule is CCCCCC/C=C\CCCCCCCC(=O)OCCCCCCCCCCCCCC/C=C\CCCCCCCCCCCCCCCCCC(=O)NC(CO)C(O)/C=C/CCCCCCCCCCCC. The first-order valence-corrected chi connectivity index (χ1v) is 32.8. The summed E-state index contributed by atoms with van der Waals surface area (Å²) in [4.78, 5) is 24.5. The fourth-order valence-electron chi connectivity index (χ4n) is 10.1. The zero-order chi connectivity index (χ0) is 52.9. The minimum atomic E-state index is -0.842. The highest BCUT2D eigenvalue weighted by Gasteiger charge is 2.18. The van der Waals surface area contributed by atoms with Gasteiger partial charge in [0.2, 0.25) is 5.91 Å². The Morgan fingerprint density at radius 1 is 0.370 bits per heavy atom. The summed E-state index contributed by atoms with van der Waals surface area (Å²) in [5, 5.41) is 23.1. The minimum absolute atomic E-state index is 0.00807. The van der Waals surface area contributed by atoms with Crippen molar-refractivity contribution in [2.45, 2.75) is 366 Å². The Kier molecular flexibility index (Phi) is 61.0. The normalized spacial score (nSPS) is 12.8. The van der Waals surface area contributed by atoms with Crippen molar-refractivity contribution in [1.29, 1.82) is 0 Å². The molecule has 6 nitrogen and oxygen atoms in total. The molecule has 0 aliphatic heterocycles. The van der Waals surface area contributed by atoms with Crippen LogP contribution in [0.3, 0.4) is 0 Å². The zero-order valence-electron chi connectivity index (χ0n) is 49.1. The summed E-state index contributed by atoms with van der Waals surface area (Å²) in [5.41, 5.74) is 0. The van der Waals surface area contributed by atoms with E-state index in [1.165, 1.54) is 283 Å². The van der Waals surface area contributed by atoms with Crippen LogP contribution >= 0.6 is 0 Å². The highest BCUT2D eigenvalue weighted by molar-refractivity contribution is 5.76. The Morgan fingerprint density at radius 2 is 0.644 bits per heavy atom. The zero-order valence-corrected chi connectivity index (χ0v) is 49.1. The molecular weight excluding hydrogens is 899 g/mol. The Balaban J connectivity index is 3.36. The van der Waals surface area contributed by atoms with Crippen LogP contribution in [0.4, 0.5) is 0 Å². The Labute approximate surface area is 455 Å². The maximum Gasteiger partial charge on any atom is 0.305 e. The molecule has 6 heteroatoms. The molecular formula is C67H127NO5. The number of carbonyl (C=O) groups is 2. The van der Waals surface area contributed by atoms with Gasteiger partial charge >= 0.3 is 5.97 Å². The first-order chi connectivity index (χ1) is 36.0. The van der Waals surface area contributed by atoms with Gasteiger partial charge in [-0.25, -0.2) is 0 Å². The predicted molar refractivity (Wildman–Crippen MR) is 319 cm³/mol. The van der Waals surface area contributed by atoms with Crippen molar-refractivity contribution in [1.82, 2.24) is 5.32 Å². The van der Waals surface area contributed by atoms with Crippen LogP contribution in [0, 0.1) is 0 Å². The molecule has 73 heavy (non-hydrogen) atoms. The first kappa shape index (κ1) is 71.1. The number of aliphatic hydroxyl groups is 2. The standard InChI is InChI=1S/C67H127NO5/c1-3-5-7-9-11-13-15-36-41-45-49-53-57-61-67(72)73-62-58-54-50-46-42-38-35-33-31-29-27-25-23-21-19-17-18-20-22-24-26-28-30-32-34-37-40-44-48-52-56-60-66(71)68-64(63-69)65(70)59-55-51-47-43-39-16-14-12-10-8-6-4-2/h13,15,19,21,55,59,64-65,69-70H,3-12,14,16-18,20,22-54,56-58,60-63H2,1-2H3,(H,68,71)/b15-13-,21-19-,59-55+. The van der Waals surface area contributed by atoms with Crippen LogP contribution < -0.4 is 5.32 Å². The third-order valence-electron chi connectivity index (χ3n) is 15.1. The van der Waals surface area contributed by atoms with Crippen LogP contribution in [0.15, 0.2) is 36.5 Å². The van der Waals surface area contributed by atoms with E-state index in [1.54, 1.807) is 6.08 Å². The molecule has 3 N–H and O–H groups in total. The number of ether oxygens (including phenoxy) is 1. The molecule has 430 valence electrons. The highest BCUT2D eigenvalue weighted by atomic mass is 16.5. The maximum absolute atomic E-state index is 12.4. The van der Waals surface area contributed by atoms with Gasteiger partial charge in [-0.15, -0.1) is 0 Å². The van der Waals surface area contributed by atoms with E-state index in [2.05, 4.69) is 43.5 Å². The van der Waals surface area contributed by atoms with Crippen LogP contribution in [0.25, 0.3) is 0 Å². The monoisotopic (exact) mass is 1030 g/mol. The first-order valence-electron chi connectivity index (χ1n) is 32.8. The summed E-state index contributed by atoms with van der Waals surface area (Å²) in [7, 11) is 0. The number of nitrogens with one attached hydrogen (secondary N) is 1. The van der Waals surface area contributed by atoms with Gasteiger partial charge in [0.1, 0.15) is 0 Å². The number of rotatable bonds is 61. The molecule has 0 saturated carbocycles. The summed E-state index contributed by atoms with van der Waals surface area (Å²) in [6.45, 7) is 4.89. The van der Waals surface area contributed by atoms with Gasteiger partial charge in [-0.2, -0.15) is 0 Å². The summed E-state index contributed by atoms with van der Waals surface area (Å²) < 4.78 is 5.48. The number of carbonyl (C=O) groups excluding carboxylic acids is 2. The van der Waals surface area contributed by atoms with Gasteiger partial charge < -0.3 is 20.3 Å². The topological polar surface area (TPSA) is 95.9 Å². The molecule has 0 aromatic rings. The third kappa shape index (κ3) is 59.2. The summed E-state index contributed by atoms with van der Waals surface area (Å²) in [6.07, 6.45) is 79.3. The molecule has 0 radical (unpaired) electrons. The second-order valence-corrected chi connectivity index (χ2v) is 22.4. The van der Waals surface area contributed by atoms with Gasteiger partial charge in [0, 0.05) is 12.8 Å². The Bertz CT molecular complexity index is 1180. The van der Waals surface area contributed by atoms with Crippen LogP contribution in [0.5, 0.6) is 0 Å². The van der Waals surface area contributed by atoms with E-state index in [1.807, 2.05) is 6.08 Å². The Morgan fingerprint density at radius 3 is 0.986 bits per heavy atom. The van der Waals surface area contributed by atoms with Crippen molar-refractivity contribution in [2.75, 3.05) is 13.2 Å². The number of esters is 1. The number of amides is 1. The summed E-state index contributed by atoms with van der Waals surface area (Å²) in [6, 6.07) is -0.625. The lowest BCUT2D eigenvalue weighted by molar-refractivity contribution is -0.143. The van der Waals surface area contributed by atoms with Gasteiger partial charge in [-0.3, -0.25) is 9.59 Å². The van der Waals surface area contributed by atoms with Crippen molar-refractivity contribution >= 4 is 11.9 Å². The smallest absolute Gasteiger partial charge is 0.305 e. The molecule has 0 bridgehead atoms. The molecule has 0 aliphatic carbocycles. The number of hydrogen-bond donors (Lipinski definition) is 3. The second-order valence-electron chi connectivity index (χ2n) is 22.4. The van der Waals surface area contributed by atoms with E-state index < -0.39 is 12.1 Å². The molecule has 0 saturated heterocycles. The largest absolute Gasteiger partial charge is 0.466 e. The van der Waals surface area contributed by atoms with Gasteiger partial charge in [-0.05, 0) is 83.5 Å². The minimum Gasteiger partial charge on any atom is -0.466 e. The van der Waals surface area contributed by atoms with Crippen molar-refractivity contribution in [2.24, 2.45) is 0 Å². The summed E-state index contributed by atoms with van der Waals surface area (Å²) >= 11 is 0. The molecule has 0 aromatic heterocycles. The van der Waals surface area contributed by atoms with E-state index in [9.17, 15) is 19.8 Å². The second kappa shape index (κ2) is 62.6. The molecule has 0 rings (SSSR count). The van der Waals surface area contributed by atoms with Gasteiger partial charge in [0.15, 0.2) is 0 Å².